The average Bonchev–Trinajstić information content (AvgIpc) is 2.55. The maximum Gasteiger partial charge on any atom is 0.284 e. The van der Waals surface area contributed by atoms with E-state index in [0.29, 0.717) is 22.0 Å². The number of hydrogen-bond donors (Lipinski definition) is 1. The first kappa shape index (κ1) is 15.9. The number of halogens is 1. The van der Waals surface area contributed by atoms with Crippen LogP contribution < -0.4 is 11.3 Å². The molecule has 0 unspecified atom stereocenters. The van der Waals surface area contributed by atoms with Crippen LogP contribution in [-0.2, 0) is 0 Å². The Morgan fingerprint density at radius 3 is 2.50 bits per heavy atom. The molecule has 0 bridgehead atoms. The minimum absolute atomic E-state index is 0.142. The fraction of sp³-hybridized carbons (Fsp3) is 0.0588. The Bertz CT molecular complexity index is 981. The van der Waals surface area contributed by atoms with Crippen molar-refractivity contribution >= 4 is 17.5 Å². The summed E-state index contributed by atoms with van der Waals surface area (Å²) in [6.07, 6.45) is 3.16. The van der Waals surface area contributed by atoms with E-state index in [4.69, 9.17) is 17.3 Å². The number of pyridine rings is 1. The van der Waals surface area contributed by atoms with Gasteiger partial charge >= 0.3 is 0 Å². The molecular weight excluding hydrogens is 328 g/mol. The molecule has 0 fully saturated rings. The number of nitrogens with two attached hydrogens (primary N) is 1. The number of rotatable bonds is 3. The number of aryl methyl sites for hydroxylation is 1. The Kier molecular flexibility index (Phi) is 4.14. The van der Waals surface area contributed by atoms with Crippen LogP contribution in [0, 0.1) is 6.92 Å². The van der Waals surface area contributed by atoms with Crippen molar-refractivity contribution in [2.24, 2.45) is 5.73 Å². The second-order valence-electron chi connectivity index (χ2n) is 5.25. The summed E-state index contributed by atoms with van der Waals surface area (Å²) < 4.78 is 1.13. The summed E-state index contributed by atoms with van der Waals surface area (Å²) in [6, 6.07) is 10.0. The number of nitrogens with zero attached hydrogens (tertiary/aromatic N) is 3. The first-order chi connectivity index (χ1) is 11.5. The lowest BCUT2D eigenvalue weighted by atomic mass is 10.1. The molecule has 3 aromatic rings. The Morgan fingerprint density at radius 2 is 1.88 bits per heavy atom. The summed E-state index contributed by atoms with van der Waals surface area (Å²) in [5, 5.41) is 4.91. The number of hydrogen-bond acceptors (Lipinski definition) is 4. The summed E-state index contributed by atoms with van der Waals surface area (Å²) >= 11 is 5.89. The Labute approximate surface area is 142 Å². The zero-order valence-electron chi connectivity index (χ0n) is 12.7. The third-order valence-electron chi connectivity index (χ3n) is 3.42. The van der Waals surface area contributed by atoms with Gasteiger partial charge in [0.25, 0.3) is 11.5 Å². The van der Waals surface area contributed by atoms with Gasteiger partial charge in [-0.15, -0.1) is 0 Å². The molecule has 2 aromatic heterocycles. The van der Waals surface area contributed by atoms with Crippen LogP contribution in [0.25, 0.3) is 16.9 Å². The molecule has 24 heavy (non-hydrogen) atoms. The van der Waals surface area contributed by atoms with Crippen LogP contribution in [0.2, 0.25) is 5.02 Å². The zero-order chi connectivity index (χ0) is 17.3. The van der Waals surface area contributed by atoms with E-state index in [9.17, 15) is 9.59 Å². The van der Waals surface area contributed by atoms with Gasteiger partial charge < -0.3 is 5.73 Å². The van der Waals surface area contributed by atoms with Crippen LogP contribution in [-0.4, -0.2) is 20.7 Å². The highest BCUT2D eigenvalue weighted by Gasteiger charge is 2.15. The Hall–Kier alpha value is -2.99. The predicted octanol–water partition coefficient (Wildman–Crippen LogP) is 2.36. The van der Waals surface area contributed by atoms with Crippen molar-refractivity contribution in [3.63, 3.8) is 0 Å². The molecule has 1 amide bonds. The van der Waals surface area contributed by atoms with Gasteiger partial charge in [-0.05, 0) is 36.8 Å². The van der Waals surface area contributed by atoms with Gasteiger partial charge in [0, 0.05) is 16.8 Å². The van der Waals surface area contributed by atoms with Crippen molar-refractivity contribution in [3.8, 4) is 16.9 Å². The number of carbonyl (C=O) groups excluding carboxylic acids is 1. The molecule has 1 aromatic carbocycles. The third-order valence-corrected chi connectivity index (χ3v) is 3.67. The molecule has 0 aliphatic rings. The quantitative estimate of drug-likeness (QED) is 0.792. The predicted molar refractivity (Wildman–Crippen MR) is 91.3 cm³/mol. The molecule has 0 saturated carbocycles. The number of carbonyl (C=O) groups is 1. The number of aromatic nitrogens is 3. The minimum atomic E-state index is -0.813. The summed E-state index contributed by atoms with van der Waals surface area (Å²) in [5.41, 5.74) is 7.07. The fourth-order valence-corrected chi connectivity index (χ4v) is 2.39. The van der Waals surface area contributed by atoms with E-state index in [1.165, 1.54) is 12.3 Å². The van der Waals surface area contributed by atoms with Crippen molar-refractivity contribution in [3.05, 3.63) is 75.3 Å². The lowest BCUT2D eigenvalue weighted by Gasteiger charge is -2.10. The monoisotopic (exact) mass is 340 g/mol. The molecule has 0 spiro atoms. The first-order valence-electron chi connectivity index (χ1n) is 7.08. The van der Waals surface area contributed by atoms with Crippen LogP contribution in [0.15, 0.2) is 53.6 Å². The summed E-state index contributed by atoms with van der Waals surface area (Å²) in [6.45, 7) is 1.85. The van der Waals surface area contributed by atoms with Crippen molar-refractivity contribution in [2.75, 3.05) is 0 Å². The number of primary amides is 1. The zero-order valence-corrected chi connectivity index (χ0v) is 13.5. The maximum atomic E-state index is 12.5. The molecule has 2 heterocycles. The van der Waals surface area contributed by atoms with Crippen LogP contribution in [0.3, 0.4) is 0 Å². The van der Waals surface area contributed by atoms with Gasteiger partial charge in [0.15, 0.2) is 0 Å². The Morgan fingerprint density at radius 1 is 1.17 bits per heavy atom. The van der Waals surface area contributed by atoms with Crippen molar-refractivity contribution in [1.29, 1.82) is 0 Å². The van der Waals surface area contributed by atoms with Gasteiger partial charge in [-0.1, -0.05) is 23.7 Å². The van der Waals surface area contributed by atoms with E-state index in [2.05, 4.69) is 10.1 Å². The summed E-state index contributed by atoms with van der Waals surface area (Å²) in [7, 11) is 0. The molecule has 0 saturated heterocycles. The molecule has 0 aliphatic carbocycles. The van der Waals surface area contributed by atoms with E-state index in [1.807, 2.05) is 6.92 Å². The molecule has 120 valence electrons. The lowest BCUT2D eigenvalue weighted by molar-refractivity contribution is 0.0998. The minimum Gasteiger partial charge on any atom is -0.365 e. The lowest BCUT2D eigenvalue weighted by Crippen LogP contribution is -2.30. The van der Waals surface area contributed by atoms with Gasteiger partial charge in [0.1, 0.15) is 5.56 Å². The molecule has 0 atom stereocenters. The first-order valence-corrected chi connectivity index (χ1v) is 7.45. The van der Waals surface area contributed by atoms with Gasteiger partial charge in [-0.2, -0.15) is 9.78 Å². The average molecular weight is 341 g/mol. The standard InChI is InChI=1S/C17H13ClN4O2/c1-10-6-13(9-20-8-10)22-17(24)14(16(19)23)7-15(21-22)11-2-4-12(18)5-3-11/h2-9H,1H3,(H2,19,23). The van der Waals surface area contributed by atoms with Crippen LogP contribution in [0.5, 0.6) is 0 Å². The van der Waals surface area contributed by atoms with Gasteiger partial charge in [-0.3, -0.25) is 14.6 Å². The van der Waals surface area contributed by atoms with E-state index < -0.39 is 11.5 Å². The van der Waals surface area contributed by atoms with Crippen molar-refractivity contribution in [1.82, 2.24) is 14.8 Å². The second-order valence-corrected chi connectivity index (χ2v) is 5.69. The maximum absolute atomic E-state index is 12.5. The normalized spacial score (nSPS) is 10.6. The number of benzene rings is 1. The molecule has 7 heteroatoms. The van der Waals surface area contributed by atoms with Crippen LogP contribution in [0.1, 0.15) is 15.9 Å². The third kappa shape index (κ3) is 3.04. The topological polar surface area (TPSA) is 90.9 Å². The van der Waals surface area contributed by atoms with Gasteiger partial charge in [-0.25, -0.2) is 0 Å². The highest BCUT2D eigenvalue weighted by Crippen LogP contribution is 2.20. The van der Waals surface area contributed by atoms with Gasteiger partial charge in [0.05, 0.1) is 17.6 Å². The van der Waals surface area contributed by atoms with E-state index >= 15 is 0 Å². The highest BCUT2D eigenvalue weighted by atomic mass is 35.5. The Balaban J connectivity index is 2.27. The summed E-state index contributed by atoms with van der Waals surface area (Å²) in [5.74, 6) is -0.813. The van der Waals surface area contributed by atoms with Gasteiger partial charge in [0.2, 0.25) is 0 Å². The highest BCUT2D eigenvalue weighted by molar-refractivity contribution is 6.30. The molecule has 6 nitrogen and oxygen atoms in total. The fourth-order valence-electron chi connectivity index (χ4n) is 2.26. The largest absolute Gasteiger partial charge is 0.365 e. The number of amides is 1. The molecule has 3 rings (SSSR count). The van der Waals surface area contributed by atoms with E-state index in [-0.39, 0.29) is 5.56 Å². The van der Waals surface area contributed by atoms with Crippen molar-refractivity contribution < 1.29 is 4.79 Å². The van der Waals surface area contributed by atoms with Crippen LogP contribution >= 0.6 is 11.6 Å². The SMILES string of the molecule is Cc1cncc(-n2nc(-c3ccc(Cl)cc3)cc(C(N)=O)c2=O)c1. The summed E-state index contributed by atoms with van der Waals surface area (Å²) in [4.78, 5) is 28.2. The molecule has 0 aliphatic heterocycles. The molecular formula is C17H13ClN4O2. The van der Waals surface area contributed by atoms with Crippen LogP contribution in [0.4, 0.5) is 0 Å². The second kappa shape index (κ2) is 6.25. The van der Waals surface area contributed by atoms with E-state index in [1.54, 1.807) is 36.5 Å². The van der Waals surface area contributed by atoms with Crippen molar-refractivity contribution in [2.45, 2.75) is 6.92 Å². The smallest absolute Gasteiger partial charge is 0.284 e. The van der Waals surface area contributed by atoms with E-state index in [0.717, 1.165) is 10.2 Å². The molecule has 0 radical (unpaired) electrons. The molecule has 2 N–H and O–H groups in total.